The van der Waals surface area contributed by atoms with E-state index in [1.807, 2.05) is 6.08 Å². The van der Waals surface area contributed by atoms with Crippen LogP contribution in [0.25, 0.3) is 0 Å². The fraction of sp³-hybridized carbons (Fsp3) is 0.824. The smallest absolute Gasteiger partial charge is 0.336 e. The number of unbranched alkanes of at least 4 members (excludes halogenated alkanes) is 2. The van der Waals surface area contributed by atoms with Gasteiger partial charge in [-0.1, -0.05) is 99.1 Å². The average Bonchev–Trinajstić information content (AvgIpc) is 3.26. The Bertz CT molecular complexity index is 823. The first kappa shape index (κ1) is 37.1. The predicted molar refractivity (Wildman–Crippen MR) is 177 cm³/mol. The van der Waals surface area contributed by atoms with Crippen LogP contribution in [0.2, 0.25) is 36.3 Å². The van der Waals surface area contributed by atoms with Crippen molar-refractivity contribution in [3.05, 3.63) is 29.5 Å². The quantitative estimate of drug-likeness (QED) is 0.0661. The van der Waals surface area contributed by atoms with Gasteiger partial charge in [-0.05, 0) is 86.4 Å². The van der Waals surface area contributed by atoms with Gasteiger partial charge in [-0.25, -0.2) is 4.79 Å². The van der Waals surface area contributed by atoms with Crippen molar-refractivity contribution in [2.45, 2.75) is 168 Å². The second-order valence-electron chi connectivity index (χ2n) is 13.8. The van der Waals surface area contributed by atoms with Crippen LogP contribution in [0.3, 0.4) is 0 Å². The molecule has 0 aromatic rings. The van der Waals surface area contributed by atoms with E-state index in [0.717, 1.165) is 25.2 Å². The van der Waals surface area contributed by atoms with Crippen LogP contribution >= 0.6 is 0 Å². The summed E-state index contributed by atoms with van der Waals surface area (Å²) in [5.41, 5.74) is 4.77. The van der Waals surface area contributed by atoms with Crippen molar-refractivity contribution in [1.29, 1.82) is 0 Å². The van der Waals surface area contributed by atoms with Crippen LogP contribution in [0, 0.1) is 11.8 Å². The molecular formula is C34H64O4Si2. The van der Waals surface area contributed by atoms with Crippen LogP contribution in [0.1, 0.15) is 120 Å². The molecule has 0 bridgehead atoms. The standard InChI is InChI=1S/C34H64O4Si2/c1-11-15-17-21-28(5)22-20-23-29-26-27-31(38-40(12-2,13-3)14-4)30(29)24-18-16-19-25-32(33(35)36)37-39(9,10)34(6,7)8/h16,25-26,28,30-32H,11-15,17-18,20-24,27H2,1-10H3,(H,35,36)/t19?,28?,30-,31+,32?/m1/s1. The fourth-order valence-corrected chi connectivity index (χ4v) is 9.69. The van der Waals surface area contributed by atoms with Gasteiger partial charge in [0.25, 0.3) is 0 Å². The highest BCUT2D eigenvalue weighted by atomic mass is 28.4. The second-order valence-corrected chi connectivity index (χ2v) is 23.2. The van der Waals surface area contributed by atoms with Gasteiger partial charge < -0.3 is 14.0 Å². The number of carboxylic acid groups (broad SMARTS) is 1. The summed E-state index contributed by atoms with van der Waals surface area (Å²) in [5, 5.41) is 9.71. The zero-order valence-corrected chi connectivity index (χ0v) is 29.9. The number of hydrogen-bond donors (Lipinski definition) is 1. The third-order valence-corrected chi connectivity index (χ3v) is 18.9. The molecule has 4 nitrogen and oxygen atoms in total. The molecule has 4 atom stereocenters. The maximum absolute atomic E-state index is 11.9. The second kappa shape index (κ2) is 17.9. The lowest BCUT2D eigenvalue weighted by atomic mass is 9.89. The molecule has 0 spiro atoms. The zero-order chi connectivity index (χ0) is 30.4. The first-order chi connectivity index (χ1) is 18.8. The van der Waals surface area contributed by atoms with E-state index in [1.54, 1.807) is 11.6 Å². The van der Waals surface area contributed by atoms with Gasteiger partial charge in [0.1, 0.15) is 0 Å². The van der Waals surface area contributed by atoms with Gasteiger partial charge in [-0.2, -0.15) is 0 Å². The van der Waals surface area contributed by atoms with Gasteiger partial charge in [0, 0.05) is 5.92 Å². The molecule has 0 fully saturated rings. The number of hydrogen-bond acceptors (Lipinski definition) is 3. The van der Waals surface area contributed by atoms with Crippen LogP contribution in [0.15, 0.2) is 29.5 Å². The lowest BCUT2D eigenvalue weighted by molar-refractivity contribution is -0.143. The van der Waals surface area contributed by atoms with E-state index in [-0.39, 0.29) is 5.04 Å². The molecule has 0 heterocycles. The minimum Gasteiger partial charge on any atom is -0.479 e. The molecule has 1 aliphatic rings. The van der Waals surface area contributed by atoms with Crippen molar-refractivity contribution in [3.8, 4) is 0 Å². The number of carboxylic acids is 1. The SMILES string of the molecule is CCCCCC(C)CCCC1=CC[C@H](O[Si](CC)(CC)CC)[C@@H]1CCC=C=CC(O[Si](C)(C)C(C)(C)C)C(=O)O. The Morgan fingerprint density at radius 3 is 2.27 bits per heavy atom. The Hall–Kier alpha value is -0.916. The summed E-state index contributed by atoms with van der Waals surface area (Å²) >= 11 is 0. The molecule has 0 aromatic heterocycles. The van der Waals surface area contributed by atoms with E-state index >= 15 is 0 Å². The van der Waals surface area contributed by atoms with Crippen LogP contribution in [0.4, 0.5) is 0 Å². The fourth-order valence-electron chi connectivity index (χ4n) is 5.63. The number of aliphatic carboxylic acids is 1. The molecule has 0 saturated heterocycles. The summed E-state index contributed by atoms with van der Waals surface area (Å²) in [6.07, 6.45) is 17.5. The molecule has 0 amide bonds. The van der Waals surface area contributed by atoms with Crippen LogP contribution in [0.5, 0.6) is 0 Å². The molecule has 0 saturated carbocycles. The van der Waals surface area contributed by atoms with Gasteiger partial charge >= 0.3 is 5.97 Å². The van der Waals surface area contributed by atoms with Crippen LogP contribution < -0.4 is 0 Å². The zero-order valence-electron chi connectivity index (χ0n) is 27.9. The molecule has 0 radical (unpaired) electrons. The van der Waals surface area contributed by atoms with Gasteiger partial charge in [0.15, 0.2) is 22.7 Å². The molecule has 2 unspecified atom stereocenters. The summed E-state index contributed by atoms with van der Waals surface area (Å²) in [6, 6.07) is 3.55. The Labute approximate surface area is 250 Å². The number of carbonyl (C=O) groups is 1. The van der Waals surface area contributed by atoms with E-state index in [0.29, 0.717) is 12.0 Å². The highest BCUT2D eigenvalue weighted by Crippen LogP contribution is 2.39. The van der Waals surface area contributed by atoms with Gasteiger partial charge in [0.05, 0.1) is 6.10 Å². The third-order valence-electron chi connectivity index (χ3n) is 9.79. The van der Waals surface area contributed by atoms with E-state index in [1.165, 1.54) is 63.1 Å². The minimum atomic E-state index is -2.19. The van der Waals surface area contributed by atoms with Crippen LogP contribution in [-0.4, -0.2) is 39.9 Å². The number of rotatable bonds is 20. The average molecular weight is 593 g/mol. The van der Waals surface area contributed by atoms with Crippen molar-refractivity contribution in [3.63, 3.8) is 0 Å². The first-order valence-electron chi connectivity index (χ1n) is 16.4. The molecule has 1 rings (SSSR count). The molecule has 0 aromatic carbocycles. The van der Waals surface area contributed by atoms with E-state index in [4.69, 9.17) is 8.85 Å². The monoisotopic (exact) mass is 592 g/mol. The third kappa shape index (κ3) is 12.1. The maximum Gasteiger partial charge on any atom is 0.336 e. The molecule has 1 aliphatic carbocycles. The molecule has 1 N–H and O–H groups in total. The largest absolute Gasteiger partial charge is 0.479 e. The normalized spacial score (nSPS) is 19.6. The summed E-state index contributed by atoms with van der Waals surface area (Å²) in [4.78, 5) is 11.9. The van der Waals surface area contributed by atoms with Gasteiger partial charge in [0.2, 0.25) is 0 Å². The lowest BCUT2D eigenvalue weighted by Crippen LogP contribution is -2.45. The minimum absolute atomic E-state index is 0.0419. The van der Waals surface area contributed by atoms with Gasteiger partial charge in [-0.3, -0.25) is 0 Å². The van der Waals surface area contributed by atoms with Crippen molar-refractivity contribution in [2.75, 3.05) is 0 Å². The summed E-state index contributed by atoms with van der Waals surface area (Å²) < 4.78 is 13.2. The van der Waals surface area contributed by atoms with Crippen molar-refractivity contribution >= 4 is 22.6 Å². The van der Waals surface area contributed by atoms with E-state index < -0.39 is 28.7 Å². The maximum atomic E-state index is 11.9. The summed E-state index contributed by atoms with van der Waals surface area (Å²) in [7, 11) is -3.88. The molecule has 6 heteroatoms. The lowest BCUT2D eigenvalue weighted by Gasteiger charge is -2.37. The molecule has 232 valence electrons. The predicted octanol–water partition coefficient (Wildman–Crippen LogP) is 10.7. The van der Waals surface area contributed by atoms with Crippen molar-refractivity contribution < 1.29 is 18.8 Å². The Balaban J connectivity index is 2.91. The highest BCUT2D eigenvalue weighted by molar-refractivity contribution is 6.74. The Morgan fingerprint density at radius 2 is 1.73 bits per heavy atom. The topological polar surface area (TPSA) is 55.8 Å². The first-order valence-corrected chi connectivity index (χ1v) is 21.9. The van der Waals surface area contributed by atoms with Crippen molar-refractivity contribution in [2.24, 2.45) is 11.8 Å². The Kier molecular flexibility index (Phi) is 16.6. The summed E-state index contributed by atoms with van der Waals surface area (Å²) in [5.74, 6) is 0.330. The summed E-state index contributed by atoms with van der Waals surface area (Å²) in [6.45, 7) is 22.2. The molecular weight excluding hydrogens is 529 g/mol. The van der Waals surface area contributed by atoms with Crippen LogP contribution in [-0.2, 0) is 13.6 Å². The van der Waals surface area contributed by atoms with E-state index in [2.05, 4.69) is 80.3 Å². The molecule has 40 heavy (non-hydrogen) atoms. The van der Waals surface area contributed by atoms with Crippen molar-refractivity contribution in [1.82, 2.24) is 0 Å². The van der Waals surface area contributed by atoms with Gasteiger partial charge in [-0.15, -0.1) is 5.73 Å². The Morgan fingerprint density at radius 1 is 1.10 bits per heavy atom. The van der Waals surface area contributed by atoms with E-state index in [9.17, 15) is 9.90 Å². The molecule has 0 aliphatic heterocycles. The highest BCUT2D eigenvalue weighted by Gasteiger charge is 2.40.